The maximum absolute atomic E-state index is 12.6. The summed E-state index contributed by atoms with van der Waals surface area (Å²) in [7, 11) is 0. The number of benzene rings is 2. The predicted octanol–water partition coefficient (Wildman–Crippen LogP) is 4.29. The molecule has 0 bridgehead atoms. The minimum atomic E-state index is -0.390. The second kappa shape index (κ2) is 12.6. The van der Waals surface area contributed by atoms with E-state index in [4.69, 9.17) is 9.47 Å². The topological polar surface area (TPSA) is 121 Å². The van der Waals surface area contributed by atoms with Crippen molar-refractivity contribution in [2.24, 2.45) is 5.10 Å². The predicted molar refractivity (Wildman–Crippen MR) is 145 cm³/mol. The number of nitrogens with zero attached hydrogens (tertiary/aromatic N) is 5. The second-order valence-electron chi connectivity index (χ2n) is 7.95. The highest BCUT2D eigenvalue weighted by molar-refractivity contribution is 7.99. The Morgan fingerprint density at radius 2 is 1.74 bits per heavy atom. The molecule has 2 aromatic carbocycles. The van der Waals surface area contributed by atoms with Crippen LogP contribution in [0.4, 0.5) is 0 Å². The largest absolute Gasteiger partial charge is 0.494 e. The van der Waals surface area contributed by atoms with Crippen LogP contribution in [0.3, 0.4) is 0 Å². The van der Waals surface area contributed by atoms with E-state index >= 15 is 0 Å². The molecule has 0 aliphatic heterocycles. The minimum absolute atomic E-state index is 0.0738. The van der Waals surface area contributed by atoms with Gasteiger partial charge in [0, 0.05) is 30.6 Å². The van der Waals surface area contributed by atoms with Crippen LogP contribution in [0.25, 0.3) is 17.1 Å². The summed E-state index contributed by atoms with van der Waals surface area (Å²) >= 11 is 1.24. The van der Waals surface area contributed by atoms with Crippen LogP contribution in [-0.2, 0) is 9.59 Å². The number of esters is 1. The molecular weight excluding hydrogens is 504 g/mol. The molecule has 2 aromatic heterocycles. The summed E-state index contributed by atoms with van der Waals surface area (Å²) in [5.41, 5.74) is 5.59. The molecule has 11 heteroatoms. The van der Waals surface area contributed by atoms with Crippen LogP contribution >= 0.6 is 11.8 Å². The van der Waals surface area contributed by atoms with Crippen molar-refractivity contribution >= 4 is 29.4 Å². The molecule has 2 heterocycles. The molecule has 0 saturated carbocycles. The first-order valence-electron chi connectivity index (χ1n) is 11.8. The Hall–Kier alpha value is -4.51. The lowest BCUT2D eigenvalue weighted by atomic mass is 10.1. The molecule has 4 rings (SSSR count). The number of amides is 1. The standard InChI is InChI=1S/C27H26N6O4S/c1-4-36-23-13-9-22(10-14-23)33-26(21-6-5-15-28-16-21)31-32-27(33)38-17-25(35)30-29-18(2)20-7-11-24(12-8-20)37-19(3)34/h5-16H,4,17H2,1-3H3,(H,30,35)/b29-18-. The molecule has 0 aliphatic rings. The molecule has 4 aromatic rings. The molecule has 194 valence electrons. The highest BCUT2D eigenvalue weighted by atomic mass is 32.2. The summed E-state index contributed by atoms with van der Waals surface area (Å²) in [6.07, 6.45) is 3.41. The smallest absolute Gasteiger partial charge is 0.308 e. The average Bonchev–Trinajstić information content (AvgIpc) is 3.36. The Labute approximate surface area is 224 Å². The summed E-state index contributed by atoms with van der Waals surface area (Å²) in [4.78, 5) is 27.9. The molecular formula is C27H26N6O4S. The van der Waals surface area contributed by atoms with Gasteiger partial charge in [-0.05, 0) is 80.1 Å². The number of nitrogens with one attached hydrogen (secondary N) is 1. The number of carbonyl (C=O) groups excluding carboxylic acids is 2. The molecule has 0 atom stereocenters. The van der Waals surface area contributed by atoms with Crippen molar-refractivity contribution in [1.29, 1.82) is 0 Å². The van der Waals surface area contributed by atoms with Gasteiger partial charge in [0.15, 0.2) is 11.0 Å². The molecule has 38 heavy (non-hydrogen) atoms. The lowest BCUT2D eigenvalue weighted by Gasteiger charge is -2.11. The lowest BCUT2D eigenvalue weighted by Crippen LogP contribution is -2.21. The van der Waals surface area contributed by atoms with Gasteiger partial charge < -0.3 is 9.47 Å². The van der Waals surface area contributed by atoms with Crippen molar-refractivity contribution < 1.29 is 19.1 Å². The van der Waals surface area contributed by atoms with Crippen molar-refractivity contribution in [2.75, 3.05) is 12.4 Å². The number of hydrazone groups is 1. The number of rotatable bonds is 10. The van der Waals surface area contributed by atoms with Gasteiger partial charge in [0.2, 0.25) is 0 Å². The minimum Gasteiger partial charge on any atom is -0.494 e. The number of ether oxygens (including phenoxy) is 2. The van der Waals surface area contributed by atoms with Gasteiger partial charge in [-0.15, -0.1) is 10.2 Å². The van der Waals surface area contributed by atoms with Gasteiger partial charge in [0.1, 0.15) is 11.5 Å². The van der Waals surface area contributed by atoms with E-state index in [-0.39, 0.29) is 17.6 Å². The summed E-state index contributed by atoms with van der Waals surface area (Å²) in [6.45, 7) is 5.62. The van der Waals surface area contributed by atoms with Crippen molar-refractivity contribution in [3.63, 3.8) is 0 Å². The highest BCUT2D eigenvalue weighted by Crippen LogP contribution is 2.28. The number of aromatic nitrogens is 4. The first-order valence-corrected chi connectivity index (χ1v) is 12.8. The van der Waals surface area contributed by atoms with Gasteiger partial charge >= 0.3 is 5.97 Å². The third-order valence-electron chi connectivity index (χ3n) is 5.17. The quantitative estimate of drug-likeness (QED) is 0.106. The second-order valence-corrected chi connectivity index (χ2v) is 8.89. The van der Waals surface area contributed by atoms with E-state index in [2.05, 4.69) is 25.7 Å². The summed E-state index contributed by atoms with van der Waals surface area (Å²) in [5, 5.41) is 13.4. The number of pyridine rings is 1. The molecule has 0 spiro atoms. The molecule has 10 nitrogen and oxygen atoms in total. The van der Waals surface area contributed by atoms with Gasteiger partial charge in [-0.25, -0.2) is 5.43 Å². The summed E-state index contributed by atoms with van der Waals surface area (Å²) in [5.74, 6) is 1.20. The van der Waals surface area contributed by atoms with E-state index < -0.39 is 0 Å². The monoisotopic (exact) mass is 530 g/mol. The number of carbonyl (C=O) groups is 2. The zero-order valence-corrected chi connectivity index (χ0v) is 21.9. The Morgan fingerprint density at radius 3 is 2.39 bits per heavy atom. The molecule has 0 fully saturated rings. The number of hydrogen-bond donors (Lipinski definition) is 1. The van der Waals surface area contributed by atoms with Crippen LogP contribution in [0, 0.1) is 0 Å². The van der Waals surface area contributed by atoms with Crippen LogP contribution in [-0.4, -0.2) is 49.7 Å². The normalized spacial score (nSPS) is 11.2. The van der Waals surface area contributed by atoms with E-state index in [1.807, 2.05) is 47.9 Å². The summed E-state index contributed by atoms with van der Waals surface area (Å²) < 4.78 is 12.5. The number of thioether (sulfide) groups is 1. The lowest BCUT2D eigenvalue weighted by molar-refractivity contribution is -0.131. The van der Waals surface area contributed by atoms with Crippen molar-refractivity contribution in [3.05, 3.63) is 78.6 Å². The van der Waals surface area contributed by atoms with Gasteiger partial charge in [0.25, 0.3) is 5.91 Å². The van der Waals surface area contributed by atoms with E-state index in [9.17, 15) is 9.59 Å². The average molecular weight is 531 g/mol. The fourth-order valence-corrected chi connectivity index (χ4v) is 4.18. The van der Waals surface area contributed by atoms with Gasteiger partial charge in [-0.3, -0.25) is 19.1 Å². The van der Waals surface area contributed by atoms with Crippen molar-refractivity contribution in [3.8, 4) is 28.6 Å². The highest BCUT2D eigenvalue weighted by Gasteiger charge is 2.17. The maximum atomic E-state index is 12.6. The molecule has 0 unspecified atom stereocenters. The first kappa shape index (κ1) is 26.6. The fourth-order valence-electron chi connectivity index (χ4n) is 3.44. The Morgan fingerprint density at radius 1 is 1.00 bits per heavy atom. The van der Waals surface area contributed by atoms with Gasteiger partial charge in [-0.1, -0.05) is 11.8 Å². The SMILES string of the molecule is CCOc1ccc(-n2c(SCC(=O)N/N=C(/C)c3ccc(OC(C)=O)cc3)nnc2-c2cccnc2)cc1. The Bertz CT molecular complexity index is 1420. The molecule has 0 radical (unpaired) electrons. The zero-order chi connectivity index (χ0) is 26.9. The summed E-state index contributed by atoms with van der Waals surface area (Å²) in [6, 6.07) is 18.2. The van der Waals surface area contributed by atoms with Crippen LogP contribution in [0.2, 0.25) is 0 Å². The molecule has 0 saturated heterocycles. The van der Waals surface area contributed by atoms with Gasteiger partial charge in [-0.2, -0.15) is 5.10 Å². The van der Waals surface area contributed by atoms with E-state index in [0.29, 0.717) is 29.0 Å². The van der Waals surface area contributed by atoms with Crippen LogP contribution in [0.1, 0.15) is 26.3 Å². The molecule has 1 N–H and O–H groups in total. The Kier molecular flexibility index (Phi) is 8.83. The van der Waals surface area contributed by atoms with Crippen molar-refractivity contribution in [1.82, 2.24) is 25.2 Å². The van der Waals surface area contributed by atoms with E-state index in [1.165, 1.54) is 18.7 Å². The van der Waals surface area contributed by atoms with Crippen LogP contribution in [0.5, 0.6) is 11.5 Å². The number of hydrogen-bond acceptors (Lipinski definition) is 9. The maximum Gasteiger partial charge on any atom is 0.308 e. The Balaban J connectivity index is 1.47. The third kappa shape index (κ3) is 6.83. The fraction of sp³-hybridized carbons (Fsp3) is 0.185. The van der Waals surface area contributed by atoms with Crippen molar-refractivity contribution in [2.45, 2.75) is 25.9 Å². The molecule has 0 aliphatic carbocycles. The van der Waals surface area contributed by atoms with E-state index in [0.717, 1.165) is 22.6 Å². The van der Waals surface area contributed by atoms with Crippen LogP contribution in [0.15, 0.2) is 83.3 Å². The zero-order valence-electron chi connectivity index (χ0n) is 21.1. The van der Waals surface area contributed by atoms with Gasteiger partial charge in [0.05, 0.1) is 18.1 Å². The van der Waals surface area contributed by atoms with Crippen LogP contribution < -0.4 is 14.9 Å². The molecule has 1 amide bonds. The van der Waals surface area contributed by atoms with E-state index in [1.54, 1.807) is 43.6 Å². The first-order chi connectivity index (χ1) is 18.4. The third-order valence-corrected chi connectivity index (χ3v) is 6.10.